The van der Waals surface area contributed by atoms with Gasteiger partial charge in [0.05, 0.1) is 5.37 Å². The van der Waals surface area contributed by atoms with Gasteiger partial charge in [0.2, 0.25) is 0 Å². The van der Waals surface area contributed by atoms with E-state index in [0.717, 1.165) is 16.9 Å². The molecule has 47 heavy (non-hydrogen) atoms. The molecule has 0 amide bonds. The number of benzene rings is 4. The van der Waals surface area contributed by atoms with Crippen LogP contribution in [0.25, 0.3) is 45.5 Å². The van der Waals surface area contributed by atoms with Crippen molar-refractivity contribution in [3.05, 3.63) is 131 Å². The largest absolute Gasteiger partial charge is 0.404 e. The molecule has 3 N–H and O–H groups in total. The van der Waals surface area contributed by atoms with Crippen molar-refractivity contribution >= 4 is 35.7 Å². The molecule has 4 aromatic rings. The van der Waals surface area contributed by atoms with Crippen LogP contribution in [0.15, 0.2) is 97.6 Å². The van der Waals surface area contributed by atoms with Gasteiger partial charge in [0.25, 0.3) is 0 Å². The maximum atomic E-state index is 5.49. The molecular weight excluding hydrogens is 609 g/mol. The Morgan fingerprint density at radius 2 is 1.32 bits per heavy atom. The molecule has 0 fully saturated rings. The fourth-order valence-electron chi connectivity index (χ4n) is 6.03. The van der Waals surface area contributed by atoms with Gasteiger partial charge in [-0.3, -0.25) is 0 Å². The number of nitrogens with one attached hydrogen (secondary N) is 1. The fourth-order valence-corrected chi connectivity index (χ4v) is 7.29. The first kappa shape index (κ1) is 39.7. The Kier molecular flexibility index (Phi) is 16.4. The molecule has 0 aliphatic heterocycles. The van der Waals surface area contributed by atoms with E-state index in [-0.39, 0.29) is 5.41 Å². The molecule has 5 rings (SSSR count). The number of hydrogen-bond donors (Lipinski definition) is 2. The van der Waals surface area contributed by atoms with E-state index < -0.39 is 0 Å². The van der Waals surface area contributed by atoms with E-state index in [4.69, 9.17) is 5.73 Å². The van der Waals surface area contributed by atoms with Crippen LogP contribution in [-0.4, -0.2) is 13.3 Å². The van der Waals surface area contributed by atoms with Crippen molar-refractivity contribution in [1.29, 1.82) is 0 Å². The molecule has 1 atom stereocenters. The highest BCUT2D eigenvalue weighted by Crippen LogP contribution is 2.53. The molecule has 0 saturated carbocycles. The third-order valence-electron chi connectivity index (χ3n) is 8.19. The molecule has 4 aromatic carbocycles. The Morgan fingerprint density at radius 3 is 1.85 bits per heavy atom. The second-order valence-electron chi connectivity index (χ2n) is 10.8. The molecule has 0 heterocycles. The Bertz CT molecular complexity index is 1610. The molecular formula is C43H56N2S2. The van der Waals surface area contributed by atoms with Gasteiger partial charge in [-0.1, -0.05) is 141 Å². The summed E-state index contributed by atoms with van der Waals surface area (Å²) in [6, 6.07) is 27.1. The van der Waals surface area contributed by atoms with Crippen LogP contribution in [0.1, 0.15) is 94.1 Å². The van der Waals surface area contributed by atoms with Crippen molar-refractivity contribution in [1.82, 2.24) is 5.32 Å². The summed E-state index contributed by atoms with van der Waals surface area (Å²) in [5.74, 6) is 0.894. The third kappa shape index (κ3) is 8.54. The monoisotopic (exact) mass is 664 g/mol. The minimum atomic E-state index is -0.159. The van der Waals surface area contributed by atoms with E-state index in [9.17, 15) is 0 Å². The van der Waals surface area contributed by atoms with Crippen LogP contribution < -0.4 is 11.1 Å². The van der Waals surface area contributed by atoms with Crippen LogP contribution in [0, 0.1) is 0 Å². The maximum absolute atomic E-state index is 5.49. The van der Waals surface area contributed by atoms with E-state index in [0.29, 0.717) is 5.37 Å². The van der Waals surface area contributed by atoms with E-state index in [2.05, 4.69) is 111 Å². The van der Waals surface area contributed by atoms with Crippen LogP contribution in [0.3, 0.4) is 0 Å². The number of fused-ring (bicyclic) bond motifs is 3. The molecule has 0 spiro atoms. The number of thioether (sulfide) groups is 2. The van der Waals surface area contributed by atoms with Crippen molar-refractivity contribution in [3.63, 3.8) is 0 Å². The van der Waals surface area contributed by atoms with Gasteiger partial charge in [0, 0.05) is 17.4 Å². The van der Waals surface area contributed by atoms with Gasteiger partial charge in [0.1, 0.15) is 0 Å². The highest BCUT2D eigenvalue weighted by molar-refractivity contribution is 8.01. The predicted molar refractivity (Wildman–Crippen MR) is 219 cm³/mol. The minimum Gasteiger partial charge on any atom is -0.404 e. The molecule has 0 saturated heterocycles. The van der Waals surface area contributed by atoms with Crippen LogP contribution in [0.5, 0.6) is 0 Å². The summed E-state index contributed by atoms with van der Waals surface area (Å²) in [4.78, 5) is 0. The average molecular weight is 665 g/mol. The molecule has 1 aliphatic rings. The lowest BCUT2D eigenvalue weighted by Crippen LogP contribution is -2.15. The minimum absolute atomic E-state index is 0.159. The molecule has 0 aromatic heterocycles. The highest BCUT2D eigenvalue weighted by Gasteiger charge is 2.38. The zero-order valence-corrected chi connectivity index (χ0v) is 32.0. The topological polar surface area (TPSA) is 38.0 Å². The Hall–Kier alpha value is -3.44. The average Bonchev–Trinajstić information content (AvgIpc) is 3.36. The molecule has 4 heteroatoms. The second kappa shape index (κ2) is 19.4. The van der Waals surface area contributed by atoms with Crippen LogP contribution in [0.4, 0.5) is 0 Å². The number of rotatable bonds is 10. The standard InChI is InChI=1S/C37H38N2S2.3C2H6/c1-7-29-30(8-2)35-31-18-17-28(25-13-15-27(16-14-25)36(39-5)40-6)21-33(31)37(3,4)34(35)22-32(29)26-11-9-24(10-12-26)23-41-20-19-38;3*1-2/h7-22,36,39H,1-2,23,38H2,3-6H3;3*1-2H3/b20-19-;;;. The normalized spacial score (nSPS) is 12.6. The Labute approximate surface area is 295 Å². The van der Waals surface area contributed by atoms with E-state index in [1.807, 2.05) is 77.9 Å². The predicted octanol–water partition coefficient (Wildman–Crippen LogP) is 12.9. The van der Waals surface area contributed by atoms with E-state index in [1.165, 1.54) is 55.6 Å². The Balaban J connectivity index is 0.00000121. The van der Waals surface area contributed by atoms with Gasteiger partial charge in [-0.05, 0) is 97.6 Å². The van der Waals surface area contributed by atoms with Crippen LogP contribution in [0.2, 0.25) is 0 Å². The van der Waals surface area contributed by atoms with E-state index >= 15 is 0 Å². The highest BCUT2D eigenvalue weighted by atomic mass is 32.2. The van der Waals surface area contributed by atoms with Crippen molar-refractivity contribution in [2.24, 2.45) is 5.73 Å². The van der Waals surface area contributed by atoms with Gasteiger partial charge in [0.15, 0.2) is 0 Å². The summed E-state index contributed by atoms with van der Waals surface area (Å²) in [6.45, 7) is 25.2. The van der Waals surface area contributed by atoms with Gasteiger partial charge < -0.3 is 11.1 Å². The second-order valence-corrected chi connectivity index (χ2v) is 12.7. The molecule has 1 aliphatic carbocycles. The zero-order valence-electron chi connectivity index (χ0n) is 30.3. The first-order chi connectivity index (χ1) is 22.9. The SMILES string of the molecule is C=Cc1c(-c2ccc(CS/C=C\N)cc2)cc2c(c1C=C)-c1ccc(-c3ccc(C(NC)SC)cc3)cc1C2(C)C.CC.CC.CC. The summed E-state index contributed by atoms with van der Waals surface area (Å²) < 4.78 is 0. The van der Waals surface area contributed by atoms with Gasteiger partial charge in [-0.25, -0.2) is 0 Å². The molecule has 1 unspecified atom stereocenters. The lowest BCUT2D eigenvalue weighted by Gasteiger charge is -2.24. The summed E-state index contributed by atoms with van der Waals surface area (Å²) in [7, 11) is 2.01. The van der Waals surface area contributed by atoms with Gasteiger partial charge in [-0.15, -0.1) is 23.5 Å². The summed E-state index contributed by atoms with van der Waals surface area (Å²) in [5.41, 5.74) is 20.3. The zero-order chi connectivity index (χ0) is 35.1. The molecule has 2 nitrogen and oxygen atoms in total. The molecule has 0 radical (unpaired) electrons. The lowest BCUT2D eigenvalue weighted by molar-refractivity contribution is 0.660. The first-order valence-electron chi connectivity index (χ1n) is 16.9. The quantitative estimate of drug-likeness (QED) is 0.165. The lowest BCUT2D eigenvalue weighted by atomic mass is 9.79. The molecule has 250 valence electrons. The number of nitrogens with two attached hydrogens (primary N) is 1. The summed E-state index contributed by atoms with van der Waals surface area (Å²) >= 11 is 3.51. The van der Waals surface area contributed by atoms with Crippen molar-refractivity contribution in [2.45, 2.75) is 71.9 Å². The van der Waals surface area contributed by atoms with Crippen LogP contribution >= 0.6 is 23.5 Å². The van der Waals surface area contributed by atoms with Crippen molar-refractivity contribution < 1.29 is 0 Å². The first-order valence-corrected chi connectivity index (χ1v) is 19.2. The van der Waals surface area contributed by atoms with Crippen LogP contribution in [-0.2, 0) is 11.2 Å². The van der Waals surface area contributed by atoms with E-state index in [1.54, 1.807) is 18.0 Å². The third-order valence-corrected chi connectivity index (χ3v) is 10.0. The molecule has 0 bridgehead atoms. The smallest absolute Gasteiger partial charge is 0.0784 e. The summed E-state index contributed by atoms with van der Waals surface area (Å²) in [6.07, 6.45) is 7.70. The Morgan fingerprint density at radius 1 is 0.745 bits per heavy atom. The maximum Gasteiger partial charge on any atom is 0.0784 e. The van der Waals surface area contributed by atoms with Crippen molar-refractivity contribution in [2.75, 3.05) is 13.3 Å². The number of hydrogen-bond acceptors (Lipinski definition) is 4. The van der Waals surface area contributed by atoms with Gasteiger partial charge in [-0.2, -0.15) is 0 Å². The van der Waals surface area contributed by atoms with Crippen molar-refractivity contribution in [3.8, 4) is 33.4 Å². The summed E-state index contributed by atoms with van der Waals surface area (Å²) in [5, 5.41) is 5.59. The fraction of sp³-hybridized carbons (Fsp3) is 0.302. The van der Waals surface area contributed by atoms with Gasteiger partial charge >= 0.3 is 0 Å².